The highest BCUT2D eigenvalue weighted by Gasteiger charge is 2.30. The molecule has 0 saturated carbocycles. The number of benzene rings is 3. The Morgan fingerprint density at radius 2 is 1.24 bits per heavy atom. The van der Waals surface area contributed by atoms with Crippen molar-refractivity contribution >= 4 is 34.9 Å². The van der Waals surface area contributed by atoms with Gasteiger partial charge in [-0.3, -0.25) is 0 Å². The highest BCUT2D eigenvalue weighted by atomic mass is 32.2. The Morgan fingerprint density at radius 1 is 0.727 bits per heavy atom. The largest absolute Gasteiger partial charge is 0.508 e. The van der Waals surface area contributed by atoms with Gasteiger partial charge in [0, 0.05) is 31.7 Å². The number of hydrogen-bond donors (Lipinski definition) is 2. The minimum Gasteiger partial charge on any atom is -0.508 e. The molecule has 9 heteroatoms. The summed E-state index contributed by atoms with van der Waals surface area (Å²) in [6.07, 6.45) is -4.38. The second-order valence-electron chi connectivity index (χ2n) is 7.03. The van der Waals surface area contributed by atoms with Gasteiger partial charge < -0.3 is 10.2 Å². The number of alkyl halides is 3. The van der Waals surface area contributed by atoms with Crippen molar-refractivity contribution in [2.45, 2.75) is 27.5 Å². The zero-order valence-corrected chi connectivity index (χ0v) is 19.5. The summed E-state index contributed by atoms with van der Waals surface area (Å²) in [6, 6.07) is 18.9. The Hall–Kier alpha value is -2.62. The van der Waals surface area contributed by atoms with E-state index in [4.69, 9.17) is 4.98 Å². The molecular formula is C24H18F3NO2S3. The van der Waals surface area contributed by atoms with E-state index >= 15 is 0 Å². The first-order valence-electron chi connectivity index (χ1n) is 9.78. The van der Waals surface area contributed by atoms with Crippen LogP contribution in [0.2, 0.25) is 0 Å². The van der Waals surface area contributed by atoms with Crippen LogP contribution >= 0.6 is 34.9 Å². The van der Waals surface area contributed by atoms with Gasteiger partial charge in [-0.15, -0.1) is 34.9 Å². The van der Waals surface area contributed by atoms with Crippen molar-refractivity contribution in [1.29, 1.82) is 0 Å². The van der Waals surface area contributed by atoms with Crippen molar-refractivity contribution in [2.24, 2.45) is 0 Å². The molecule has 2 N–H and O–H groups in total. The predicted molar refractivity (Wildman–Crippen MR) is 128 cm³/mol. The zero-order chi connectivity index (χ0) is 23.4. The lowest BCUT2D eigenvalue weighted by Crippen LogP contribution is -2.03. The topological polar surface area (TPSA) is 53.4 Å². The third-order valence-electron chi connectivity index (χ3n) is 4.66. The molecule has 0 aliphatic rings. The summed E-state index contributed by atoms with van der Waals surface area (Å²) >= 11 is 4.65. The lowest BCUT2D eigenvalue weighted by molar-refractivity contribution is -0.137. The zero-order valence-electron chi connectivity index (χ0n) is 17.0. The predicted octanol–water partition coefficient (Wildman–Crippen LogP) is 7.82. The number of rotatable bonds is 7. The first-order chi connectivity index (χ1) is 15.8. The quantitative estimate of drug-likeness (QED) is 0.251. The molecule has 0 unspecified atom stereocenters. The molecular weight excluding hydrogens is 487 g/mol. The van der Waals surface area contributed by atoms with Crippen molar-refractivity contribution in [3.63, 3.8) is 0 Å². The molecule has 0 spiro atoms. The third-order valence-corrected chi connectivity index (χ3v) is 8.05. The Balaban J connectivity index is 1.57. The first kappa shape index (κ1) is 23.5. The van der Waals surface area contributed by atoms with Crippen LogP contribution in [-0.2, 0) is 17.7 Å². The lowest BCUT2D eigenvalue weighted by Gasteiger charge is -2.06. The molecule has 1 heterocycles. The second-order valence-corrected chi connectivity index (χ2v) is 10.2. The van der Waals surface area contributed by atoms with Gasteiger partial charge in [-0.2, -0.15) is 13.2 Å². The molecule has 4 aromatic rings. The van der Waals surface area contributed by atoms with Crippen molar-refractivity contribution in [3.05, 3.63) is 88.9 Å². The number of aromatic hydroxyl groups is 2. The second kappa shape index (κ2) is 10.1. The number of thiazole rings is 1. The van der Waals surface area contributed by atoms with Gasteiger partial charge in [-0.05, 0) is 60.7 Å². The molecule has 0 atom stereocenters. The highest BCUT2D eigenvalue weighted by molar-refractivity contribution is 7.99. The molecule has 3 nitrogen and oxygen atoms in total. The number of halogens is 3. The Labute approximate surface area is 201 Å². The van der Waals surface area contributed by atoms with E-state index in [1.807, 2.05) is 24.3 Å². The maximum absolute atomic E-state index is 12.9. The molecule has 0 bridgehead atoms. The molecule has 0 fully saturated rings. The van der Waals surface area contributed by atoms with Gasteiger partial charge in [0.15, 0.2) is 0 Å². The van der Waals surface area contributed by atoms with E-state index < -0.39 is 11.7 Å². The van der Waals surface area contributed by atoms with E-state index in [0.717, 1.165) is 32.5 Å². The highest BCUT2D eigenvalue weighted by Crippen LogP contribution is 2.37. The summed E-state index contributed by atoms with van der Waals surface area (Å²) in [5.41, 5.74) is 0.832. The van der Waals surface area contributed by atoms with Gasteiger partial charge in [-0.1, -0.05) is 12.1 Å². The molecule has 0 saturated heterocycles. The Morgan fingerprint density at radius 3 is 1.76 bits per heavy atom. The van der Waals surface area contributed by atoms with Crippen LogP contribution in [0.3, 0.4) is 0 Å². The third kappa shape index (κ3) is 6.25. The van der Waals surface area contributed by atoms with Crippen LogP contribution in [0.15, 0.2) is 82.6 Å². The average molecular weight is 506 g/mol. The number of aromatic nitrogens is 1. The molecule has 0 radical (unpaired) electrons. The van der Waals surface area contributed by atoms with Crippen LogP contribution < -0.4 is 0 Å². The van der Waals surface area contributed by atoms with Gasteiger partial charge >= 0.3 is 6.18 Å². The number of hydrogen-bond acceptors (Lipinski definition) is 6. The van der Waals surface area contributed by atoms with Crippen molar-refractivity contribution in [1.82, 2.24) is 4.98 Å². The van der Waals surface area contributed by atoms with Crippen molar-refractivity contribution < 1.29 is 23.4 Å². The fraction of sp³-hybridized carbons (Fsp3) is 0.125. The minimum atomic E-state index is -4.38. The molecule has 0 aliphatic heterocycles. The van der Waals surface area contributed by atoms with E-state index in [0.29, 0.717) is 22.1 Å². The summed E-state index contributed by atoms with van der Waals surface area (Å²) in [4.78, 5) is 7.76. The maximum Gasteiger partial charge on any atom is 0.416 e. The standard InChI is InChI=1S/C24H18F3NO2S3/c25-24(26,27)16-3-1-15(2-4-16)23-28-21(13-31-19-9-5-17(29)6-10-19)22(33-23)14-32-20-11-7-18(30)8-12-20/h1-12,29-30H,13-14H2. The average Bonchev–Trinajstić information content (AvgIpc) is 3.21. The van der Waals surface area contributed by atoms with Crippen molar-refractivity contribution in [3.8, 4) is 22.1 Å². The Bertz CT molecular complexity index is 1140. The van der Waals surface area contributed by atoms with E-state index in [1.54, 1.807) is 47.8 Å². The minimum absolute atomic E-state index is 0.198. The summed E-state index contributed by atoms with van der Waals surface area (Å²) in [6.45, 7) is 0. The summed E-state index contributed by atoms with van der Waals surface area (Å²) in [7, 11) is 0. The summed E-state index contributed by atoms with van der Waals surface area (Å²) < 4.78 is 38.7. The fourth-order valence-corrected chi connectivity index (χ4v) is 5.97. The molecule has 33 heavy (non-hydrogen) atoms. The number of phenolic OH excluding ortho intramolecular Hbond substituents is 2. The van der Waals surface area contributed by atoms with Crippen molar-refractivity contribution in [2.75, 3.05) is 0 Å². The SMILES string of the molecule is Oc1ccc(SCc2nc(-c3ccc(C(F)(F)F)cc3)sc2CSc2ccc(O)cc2)cc1. The van der Waals surface area contributed by atoms with Gasteiger partial charge in [0.25, 0.3) is 0 Å². The monoisotopic (exact) mass is 505 g/mol. The van der Waals surface area contributed by atoms with E-state index in [2.05, 4.69) is 0 Å². The smallest absolute Gasteiger partial charge is 0.416 e. The normalized spacial score (nSPS) is 11.6. The van der Waals surface area contributed by atoms with Gasteiger partial charge in [-0.25, -0.2) is 4.98 Å². The molecule has 4 rings (SSSR count). The fourth-order valence-electron chi connectivity index (χ4n) is 2.92. The van der Waals surface area contributed by atoms with E-state index in [-0.39, 0.29) is 11.5 Å². The first-order valence-corrected chi connectivity index (χ1v) is 12.6. The van der Waals surface area contributed by atoms with Crippen LogP contribution in [0.25, 0.3) is 10.6 Å². The lowest BCUT2D eigenvalue weighted by atomic mass is 10.1. The van der Waals surface area contributed by atoms with Gasteiger partial charge in [0.1, 0.15) is 16.5 Å². The Kier molecular flexibility index (Phi) is 7.21. The van der Waals surface area contributed by atoms with Gasteiger partial charge in [0.2, 0.25) is 0 Å². The van der Waals surface area contributed by atoms with Gasteiger partial charge in [0.05, 0.1) is 11.3 Å². The molecule has 170 valence electrons. The van der Waals surface area contributed by atoms with Crippen LogP contribution in [0.4, 0.5) is 13.2 Å². The summed E-state index contributed by atoms with van der Waals surface area (Å²) in [5, 5.41) is 19.6. The number of thioether (sulfide) groups is 2. The van der Waals surface area contributed by atoms with Crippen LogP contribution in [0.1, 0.15) is 16.1 Å². The maximum atomic E-state index is 12.9. The molecule has 0 aliphatic carbocycles. The van der Waals surface area contributed by atoms with E-state index in [9.17, 15) is 23.4 Å². The van der Waals surface area contributed by atoms with Crippen LogP contribution in [0.5, 0.6) is 11.5 Å². The van der Waals surface area contributed by atoms with E-state index in [1.165, 1.54) is 23.5 Å². The number of nitrogens with zero attached hydrogens (tertiary/aromatic N) is 1. The molecule has 3 aromatic carbocycles. The van der Waals surface area contributed by atoms with Crippen LogP contribution in [-0.4, -0.2) is 15.2 Å². The molecule has 1 aromatic heterocycles. The van der Waals surface area contributed by atoms with Crippen LogP contribution in [0, 0.1) is 0 Å². The molecule has 0 amide bonds. The summed E-state index contributed by atoms with van der Waals surface area (Å²) in [5.74, 6) is 1.64. The number of phenols is 2.